The van der Waals surface area contributed by atoms with Crippen molar-refractivity contribution in [2.75, 3.05) is 6.61 Å². The molecule has 84 valence electrons. The third-order valence-corrected chi connectivity index (χ3v) is 2.95. The number of nitrogens with zero attached hydrogens (tertiary/aromatic N) is 3. The van der Waals surface area contributed by atoms with Crippen LogP contribution in [0.25, 0.3) is 5.69 Å². The molecule has 3 rings (SSSR count). The standard InChI is InChI=1S/C13H11N3O/c14-7-10-1-3-12(4-2-10)16-13-9-17-6-5-11(13)8-15-16/h1-4,8H,5-6,9H2. The van der Waals surface area contributed by atoms with Gasteiger partial charge in [0.25, 0.3) is 0 Å². The smallest absolute Gasteiger partial charge is 0.0991 e. The zero-order valence-corrected chi connectivity index (χ0v) is 9.26. The van der Waals surface area contributed by atoms with Gasteiger partial charge in [0.2, 0.25) is 0 Å². The van der Waals surface area contributed by atoms with Crippen LogP contribution in [0.2, 0.25) is 0 Å². The molecule has 0 amide bonds. The van der Waals surface area contributed by atoms with E-state index < -0.39 is 0 Å². The summed E-state index contributed by atoms with van der Waals surface area (Å²) in [5, 5.41) is 13.1. The molecule has 1 aromatic heterocycles. The fraction of sp³-hybridized carbons (Fsp3) is 0.231. The highest BCUT2D eigenvalue weighted by atomic mass is 16.5. The van der Waals surface area contributed by atoms with Crippen molar-refractivity contribution in [3.63, 3.8) is 0 Å². The first-order valence-electron chi connectivity index (χ1n) is 5.52. The van der Waals surface area contributed by atoms with Gasteiger partial charge in [0, 0.05) is 0 Å². The van der Waals surface area contributed by atoms with Crippen LogP contribution in [0.5, 0.6) is 0 Å². The molecule has 0 bridgehead atoms. The largest absolute Gasteiger partial charge is 0.375 e. The lowest BCUT2D eigenvalue weighted by molar-refractivity contribution is 0.106. The molecule has 0 unspecified atom stereocenters. The maximum absolute atomic E-state index is 8.76. The van der Waals surface area contributed by atoms with Crippen molar-refractivity contribution in [1.82, 2.24) is 9.78 Å². The Hall–Kier alpha value is -2.12. The predicted octanol–water partition coefficient (Wildman–Crippen LogP) is 1.82. The van der Waals surface area contributed by atoms with Gasteiger partial charge in [-0.3, -0.25) is 0 Å². The van der Waals surface area contributed by atoms with Gasteiger partial charge in [0.1, 0.15) is 0 Å². The molecule has 0 N–H and O–H groups in total. The van der Waals surface area contributed by atoms with Crippen molar-refractivity contribution in [2.24, 2.45) is 0 Å². The van der Waals surface area contributed by atoms with E-state index in [4.69, 9.17) is 10.00 Å². The lowest BCUT2D eigenvalue weighted by Crippen LogP contribution is -2.12. The van der Waals surface area contributed by atoms with E-state index in [-0.39, 0.29) is 0 Å². The molecule has 1 aliphatic rings. The number of aromatic nitrogens is 2. The lowest BCUT2D eigenvalue weighted by atomic mass is 10.1. The number of fused-ring (bicyclic) bond motifs is 1. The first kappa shape index (κ1) is 10.1. The second-order valence-electron chi connectivity index (χ2n) is 3.99. The topological polar surface area (TPSA) is 50.8 Å². The molecule has 17 heavy (non-hydrogen) atoms. The molecule has 1 aromatic carbocycles. The number of benzene rings is 1. The summed E-state index contributed by atoms with van der Waals surface area (Å²) in [6, 6.07) is 9.51. The van der Waals surface area contributed by atoms with Crippen LogP contribution >= 0.6 is 0 Å². The van der Waals surface area contributed by atoms with E-state index in [1.54, 1.807) is 12.1 Å². The second kappa shape index (κ2) is 4.04. The third-order valence-electron chi connectivity index (χ3n) is 2.95. The Morgan fingerprint density at radius 1 is 1.29 bits per heavy atom. The van der Waals surface area contributed by atoms with Crippen LogP contribution in [-0.4, -0.2) is 16.4 Å². The molecule has 1 aliphatic heterocycles. The van der Waals surface area contributed by atoms with Crippen molar-refractivity contribution in [3.05, 3.63) is 47.3 Å². The average molecular weight is 225 g/mol. The van der Waals surface area contributed by atoms with Crippen LogP contribution < -0.4 is 0 Å². The number of hydrogen-bond acceptors (Lipinski definition) is 3. The number of ether oxygens (including phenoxy) is 1. The summed E-state index contributed by atoms with van der Waals surface area (Å²) < 4.78 is 7.33. The molecule has 0 fully saturated rings. The monoisotopic (exact) mass is 225 g/mol. The van der Waals surface area contributed by atoms with Crippen LogP contribution in [0.1, 0.15) is 16.8 Å². The minimum absolute atomic E-state index is 0.606. The molecule has 0 aliphatic carbocycles. The van der Waals surface area contributed by atoms with E-state index in [2.05, 4.69) is 11.2 Å². The van der Waals surface area contributed by atoms with Crippen molar-refractivity contribution >= 4 is 0 Å². The Morgan fingerprint density at radius 2 is 2.12 bits per heavy atom. The van der Waals surface area contributed by atoms with E-state index >= 15 is 0 Å². The first-order chi connectivity index (χ1) is 8.38. The Balaban J connectivity index is 2.03. The zero-order chi connectivity index (χ0) is 11.7. The Bertz CT molecular complexity index is 578. The fourth-order valence-electron chi connectivity index (χ4n) is 2.02. The summed E-state index contributed by atoms with van der Waals surface area (Å²) in [6.45, 7) is 1.38. The van der Waals surface area contributed by atoms with Crippen LogP contribution in [0.15, 0.2) is 30.5 Å². The van der Waals surface area contributed by atoms with Crippen molar-refractivity contribution < 1.29 is 4.74 Å². The van der Waals surface area contributed by atoms with Gasteiger partial charge < -0.3 is 4.74 Å². The summed E-state index contributed by atoms with van der Waals surface area (Å²) in [7, 11) is 0. The van der Waals surface area contributed by atoms with Gasteiger partial charge in [-0.1, -0.05) is 0 Å². The van der Waals surface area contributed by atoms with Crippen molar-refractivity contribution in [2.45, 2.75) is 13.0 Å². The van der Waals surface area contributed by atoms with Crippen molar-refractivity contribution in [3.8, 4) is 11.8 Å². The molecule has 4 heteroatoms. The van der Waals surface area contributed by atoms with E-state index in [1.165, 1.54) is 5.56 Å². The minimum Gasteiger partial charge on any atom is -0.375 e. The van der Waals surface area contributed by atoms with Gasteiger partial charge in [-0.2, -0.15) is 10.4 Å². The molecule has 0 radical (unpaired) electrons. The highest BCUT2D eigenvalue weighted by Gasteiger charge is 2.16. The molecule has 0 atom stereocenters. The van der Waals surface area contributed by atoms with E-state index in [0.29, 0.717) is 12.2 Å². The van der Waals surface area contributed by atoms with Gasteiger partial charge >= 0.3 is 0 Å². The molecule has 0 saturated heterocycles. The van der Waals surface area contributed by atoms with E-state index in [1.807, 2.05) is 23.0 Å². The maximum Gasteiger partial charge on any atom is 0.0991 e. The quantitative estimate of drug-likeness (QED) is 0.743. The highest BCUT2D eigenvalue weighted by molar-refractivity contribution is 5.40. The summed E-state index contributed by atoms with van der Waals surface area (Å²) >= 11 is 0. The van der Waals surface area contributed by atoms with Crippen LogP contribution in [0.4, 0.5) is 0 Å². The van der Waals surface area contributed by atoms with Crippen LogP contribution in [0.3, 0.4) is 0 Å². The maximum atomic E-state index is 8.76. The van der Waals surface area contributed by atoms with E-state index in [9.17, 15) is 0 Å². The second-order valence-corrected chi connectivity index (χ2v) is 3.99. The van der Waals surface area contributed by atoms with Gasteiger partial charge in [-0.05, 0) is 36.2 Å². The SMILES string of the molecule is N#Cc1ccc(-n2ncc3c2COCC3)cc1. The minimum atomic E-state index is 0.606. The normalized spacial score (nSPS) is 14.1. The Morgan fingerprint density at radius 3 is 2.88 bits per heavy atom. The zero-order valence-electron chi connectivity index (χ0n) is 9.26. The molecule has 2 aromatic rings. The van der Waals surface area contributed by atoms with Crippen LogP contribution in [0, 0.1) is 11.3 Å². The first-order valence-corrected chi connectivity index (χ1v) is 5.52. The molecule has 2 heterocycles. The van der Waals surface area contributed by atoms with E-state index in [0.717, 1.165) is 24.4 Å². The summed E-state index contributed by atoms with van der Waals surface area (Å²) in [4.78, 5) is 0. The van der Waals surface area contributed by atoms with Gasteiger partial charge in [-0.25, -0.2) is 4.68 Å². The summed E-state index contributed by atoms with van der Waals surface area (Å²) in [6.07, 6.45) is 2.82. The highest BCUT2D eigenvalue weighted by Crippen LogP contribution is 2.20. The molecular weight excluding hydrogens is 214 g/mol. The molecule has 0 spiro atoms. The predicted molar refractivity (Wildman–Crippen MR) is 61.6 cm³/mol. The van der Waals surface area contributed by atoms with Gasteiger partial charge in [0.15, 0.2) is 0 Å². The summed E-state index contributed by atoms with van der Waals surface area (Å²) in [5.74, 6) is 0. The summed E-state index contributed by atoms with van der Waals surface area (Å²) in [5.41, 5.74) is 3.99. The third kappa shape index (κ3) is 1.71. The fourth-order valence-corrected chi connectivity index (χ4v) is 2.02. The number of hydrogen-bond donors (Lipinski definition) is 0. The van der Waals surface area contributed by atoms with Crippen molar-refractivity contribution in [1.29, 1.82) is 5.26 Å². The Kier molecular flexibility index (Phi) is 2.39. The van der Waals surface area contributed by atoms with Gasteiger partial charge in [-0.15, -0.1) is 0 Å². The molecule has 0 saturated carbocycles. The number of nitriles is 1. The number of rotatable bonds is 1. The lowest BCUT2D eigenvalue weighted by Gasteiger charge is -2.14. The molecular formula is C13H11N3O. The Labute approximate surface area is 99.1 Å². The van der Waals surface area contributed by atoms with Crippen LogP contribution in [-0.2, 0) is 17.8 Å². The average Bonchev–Trinajstić information content (AvgIpc) is 2.83. The molecule has 4 nitrogen and oxygen atoms in total. The van der Waals surface area contributed by atoms with Gasteiger partial charge in [0.05, 0.1) is 42.4 Å².